The predicted octanol–water partition coefficient (Wildman–Crippen LogP) is 0.960. The van der Waals surface area contributed by atoms with Crippen LogP contribution in [-0.4, -0.2) is 23.1 Å². The van der Waals surface area contributed by atoms with Crippen LogP contribution in [0.15, 0.2) is 0 Å². The topological polar surface area (TPSA) is 68.2 Å². The van der Waals surface area contributed by atoms with Gasteiger partial charge in [-0.25, -0.2) is 4.98 Å². The largest absolute Gasteiger partial charge is 0.389 e. The highest BCUT2D eigenvalue weighted by atomic mass is 32.1. The van der Waals surface area contributed by atoms with Crippen molar-refractivity contribution in [2.24, 2.45) is 5.73 Å². The standard InChI is InChI=1S/C8H12N4S2/c9-6-5(7(10)13)14-8(11-6)12-3-1-2-4-12/h1-4,9H2,(H2,10,13). The average molecular weight is 228 g/mol. The first-order valence-corrected chi connectivity index (χ1v) is 5.72. The molecule has 1 aromatic rings. The fraction of sp³-hybridized carbons (Fsp3) is 0.500. The number of thiocarbonyl (C=S) groups is 1. The van der Waals surface area contributed by atoms with Crippen molar-refractivity contribution >= 4 is 39.5 Å². The molecule has 1 fully saturated rings. The SMILES string of the molecule is NC(=S)c1sc(N2CCCC2)nc1N. The summed E-state index contributed by atoms with van der Waals surface area (Å²) in [5.74, 6) is 0.462. The Morgan fingerprint density at radius 3 is 2.57 bits per heavy atom. The molecule has 76 valence electrons. The molecule has 0 bridgehead atoms. The lowest BCUT2D eigenvalue weighted by molar-refractivity contribution is 0.949. The second kappa shape index (κ2) is 3.70. The summed E-state index contributed by atoms with van der Waals surface area (Å²) in [6, 6.07) is 0. The minimum atomic E-state index is 0.338. The quantitative estimate of drug-likeness (QED) is 0.738. The summed E-state index contributed by atoms with van der Waals surface area (Å²) in [7, 11) is 0. The van der Waals surface area contributed by atoms with E-state index < -0.39 is 0 Å². The maximum atomic E-state index is 5.72. The van der Waals surface area contributed by atoms with Crippen LogP contribution in [0.4, 0.5) is 10.9 Å². The van der Waals surface area contributed by atoms with E-state index in [0.29, 0.717) is 10.8 Å². The van der Waals surface area contributed by atoms with Crippen LogP contribution in [0.5, 0.6) is 0 Å². The van der Waals surface area contributed by atoms with Gasteiger partial charge in [-0.05, 0) is 12.8 Å². The van der Waals surface area contributed by atoms with Gasteiger partial charge in [0, 0.05) is 13.1 Å². The Kier molecular flexibility index (Phi) is 2.56. The van der Waals surface area contributed by atoms with E-state index >= 15 is 0 Å². The average Bonchev–Trinajstić information content (AvgIpc) is 2.70. The molecule has 2 rings (SSSR count). The molecule has 0 radical (unpaired) electrons. The van der Waals surface area contributed by atoms with Crippen LogP contribution >= 0.6 is 23.6 Å². The zero-order valence-corrected chi connectivity index (χ0v) is 9.33. The summed E-state index contributed by atoms with van der Waals surface area (Å²) in [5.41, 5.74) is 11.2. The predicted molar refractivity (Wildman–Crippen MR) is 63.9 cm³/mol. The fourth-order valence-corrected chi connectivity index (χ4v) is 2.66. The molecular formula is C8H12N4S2. The smallest absolute Gasteiger partial charge is 0.188 e. The minimum absolute atomic E-state index is 0.338. The number of nitrogen functional groups attached to an aromatic ring is 1. The van der Waals surface area contributed by atoms with Crippen LogP contribution in [0, 0.1) is 0 Å². The summed E-state index contributed by atoms with van der Waals surface area (Å²) >= 11 is 6.38. The molecule has 0 aliphatic carbocycles. The van der Waals surface area contributed by atoms with Crippen LogP contribution in [-0.2, 0) is 0 Å². The van der Waals surface area contributed by atoms with Gasteiger partial charge in [-0.3, -0.25) is 0 Å². The van der Waals surface area contributed by atoms with Gasteiger partial charge < -0.3 is 16.4 Å². The van der Waals surface area contributed by atoms with Crippen molar-refractivity contribution in [2.75, 3.05) is 23.7 Å². The molecule has 1 aliphatic heterocycles. The number of aromatic nitrogens is 1. The maximum Gasteiger partial charge on any atom is 0.188 e. The molecule has 0 spiro atoms. The number of nitrogens with two attached hydrogens (primary N) is 2. The van der Waals surface area contributed by atoms with Crippen molar-refractivity contribution in [1.29, 1.82) is 0 Å². The first-order valence-electron chi connectivity index (χ1n) is 4.49. The monoisotopic (exact) mass is 228 g/mol. The zero-order valence-electron chi connectivity index (χ0n) is 7.69. The van der Waals surface area contributed by atoms with E-state index in [9.17, 15) is 0 Å². The summed E-state index contributed by atoms with van der Waals surface area (Å²) in [6.07, 6.45) is 2.45. The van der Waals surface area contributed by atoms with Crippen LogP contribution in [0.3, 0.4) is 0 Å². The van der Waals surface area contributed by atoms with Gasteiger partial charge >= 0.3 is 0 Å². The number of hydrogen-bond acceptors (Lipinski definition) is 5. The van der Waals surface area contributed by atoms with E-state index in [1.165, 1.54) is 24.2 Å². The first kappa shape index (κ1) is 9.67. The maximum absolute atomic E-state index is 5.72. The normalized spacial score (nSPS) is 16.1. The summed E-state index contributed by atoms with van der Waals surface area (Å²) in [6.45, 7) is 2.12. The van der Waals surface area contributed by atoms with E-state index in [0.717, 1.165) is 23.1 Å². The Morgan fingerprint density at radius 2 is 2.07 bits per heavy atom. The Labute approximate surface area is 91.9 Å². The molecule has 0 amide bonds. The van der Waals surface area contributed by atoms with Crippen molar-refractivity contribution in [3.63, 3.8) is 0 Å². The van der Waals surface area contributed by atoms with Crippen LogP contribution in [0.25, 0.3) is 0 Å². The lowest BCUT2D eigenvalue weighted by Gasteiger charge is -2.11. The van der Waals surface area contributed by atoms with Gasteiger partial charge in [0.15, 0.2) is 5.13 Å². The molecule has 6 heteroatoms. The van der Waals surface area contributed by atoms with E-state index in [1.54, 1.807) is 0 Å². The molecule has 4 N–H and O–H groups in total. The van der Waals surface area contributed by atoms with Crippen molar-refractivity contribution in [3.05, 3.63) is 4.88 Å². The van der Waals surface area contributed by atoms with E-state index in [-0.39, 0.29) is 0 Å². The first-order chi connectivity index (χ1) is 6.68. The molecule has 1 aromatic heterocycles. The van der Waals surface area contributed by atoms with Gasteiger partial charge in [0.05, 0.1) is 0 Å². The van der Waals surface area contributed by atoms with Gasteiger partial charge in [-0.1, -0.05) is 23.6 Å². The Balaban J connectivity index is 2.27. The molecular weight excluding hydrogens is 216 g/mol. The molecule has 14 heavy (non-hydrogen) atoms. The highest BCUT2D eigenvalue weighted by Crippen LogP contribution is 2.29. The van der Waals surface area contributed by atoms with Gasteiger partial charge in [0.1, 0.15) is 15.7 Å². The lowest BCUT2D eigenvalue weighted by atomic mass is 10.4. The minimum Gasteiger partial charge on any atom is -0.389 e. The second-order valence-corrected chi connectivity index (χ2v) is 4.69. The highest BCUT2D eigenvalue weighted by molar-refractivity contribution is 7.81. The second-order valence-electron chi connectivity index (χ2n) is 3.27. The van der Waals surface area contributed by atoms with Gasteiger partial charge in [-0.2, -0.15) is 0 Å². The Bertz CT molecular complexity index is 354. The number of hydrogen-bond donors (Lipinski definition) is 2. The summed E-state index contributed by atoms with van der Waals surface area (Å²) in [5, 5.41) is 0.947. The number of rotatable bonds is 2. The van der Waals surface area contributed by atoms with Crippen molar-refractivity contribution in [2.45, 2.75) is 12.8 Å². The molecule has 4 nitrogen and oxygen atoms in total. The third-order valence-corrected chi connectivity index (χ3v) is 3.74. The third kappa shape index (κ3) is 1.67. The van der Waals surface area contributed by atoms with Crippen molar-refractivity contribution in [1.82, 2.24) is 4.98 Å². The molecule has 2 heterocycles. The molecule has 1 saturated heterocycles. The molecule has 0 atom stereocenters. The molecule has 1 aliphatic rings. The lowest BCUT2D eigenvalue weighted by Crippen LogP contribution is -2.17. The van der Waals surface area contributed by atoms with Crippen LogP contribution in [0.2, 0.25) is 0 Å². The Hall–Kier alpha value is -0.880. The highest BCUT2D eigenvalue weighted by Gasteiger charge is 2.18. The fourth-order valence-electron chi connectivity index (χ4n) is 1.54. The van der Waals surface area contributed by atoms with E-state index in [1.807, 2.05) is 0 Å². The van der Waals surface area contributed by atoms with E-state index in [4.69, 9.17) is 23.7 Å². The van der Waals surface area contributed by atoms with E-state index in [2.05, 4.69) is 9.88 Å². The number of nitrogens with zero attached hydrogens (tertiary/aromatic N) is 2. The molecule has 0 unspecified atom stereocenters. The molecule has 0 aromatic carbocycles. The van der Waals surface area contributed by atoms with Crippen molar-refractivity contribution in [3.8, 4) is 0 Å². The Morgan fingerprint density at radius 1 is 1.43 bits per heavy atom. The van der Waals surface area contributed by atoms with Crippen LogP contribution < -0.4 is 16.4 Å². The summed E-state index contributed by atoms with van der Waals surface area (Å²) in [4.78, 5) is 7.57. The van der Waals surface area contributed by atoms with Gasteiger partial charge in [-0.15, -0.1) is 0 Å². The number of thiazole rings is 1. The third-order valence-electron chi connectivity index (χ3n) is 2.24. The van der Waals surface area contributed by atoms with Crippen LogP contribution in [0.1, 0.15) is 17.7 Å². The number of anilines is 2. The zero-order chi connectivity index (χ0) is 10.1. The molecule has 0 saturated carbocycles. The van der Waals surface area contributed by atoms with Gasteiger partial charge in [0.25, 0.3) is 0 Å². The van der Waals surface area contributed by atoms with Crippen molar-refractivity contribution < 1.29 is 0 Å². The summed E-state index contributed by atoms with van der Waals surface area (Å²) < 4.78 is 0. The van der Waals surface area contributed by atoms with Gasteiger partial charge in [0.2, 0.25) is 0 Å².